The number of likely N-dealkylation sites (tertiary alicyclic amines) is 1. The molecular weight excluding hydrogens is 2050 g/mol. The molecule has 5 aliphatic heterocycles. The highest BCUT2D eigenvalue weighted by Gasteiger charge is 2.42. The van der Waals surface area contributed by atoms with Crippen LogP contribution in [-0.4, -0.2) is 280 Å². The Bertz CT molecular complexity index is 6120. The van der Waals surface area contributed by atoms with Crippen LogP contribution in [0.4, 0.5) is 56.6 Å². The predicted octanol–water partition coefficient (Wildman–Crippen LogP) is 18.8. The van der Waals surface area contributed by atoms with E-state index in [0.29, 0.717) is 75.5 Å². The number of nitrogens with one attached hydrogen (secondary N) is 1. The SMILES string of the molecule is CN1CCCCC1.CN1CCNCC1.COc1cc2c(cc1Br)C/C(=C\c1ncccc1C(F)(F)F)C2=O.COc1cc2c(cc1Br)CCC2=O.COc1cc2c(cc1N1CCN(C)CC1)CC(Cc1ncccc1C(F)(F)F)C2=O.COc1cc2c(cc1N1CCN(C)CC1)CC(Cc1ncccc1C(F)(F)F)C2=O.COc1cc2c(cc1N1CCN(C)CC1)CCC2=O.Cc1cccnc1C=O.Cc1cccnc1C=O. The Labute approximate surface area is 874 Å². The van der Waals surface area contributed by atoms with E-state index in [-0.39, 0.29) is 70.8 Å². The van der Waals surface area contributed by atoms with Gasteiger partial charge in [0.15, 0.2) is 41.5 Å². The monoisotopic (exact) mass is 2180 g/mol. The Morgan fingerprint density at radius 3 is 1.05 bits per heavy atom. The Kier molecular flexibility index (Phi) is 41.2. The number of ketones is 5. The molecule has 0 bridgehead atoms. The van der Waals surface area contributed by atoms with Crippen LogP contribution in [0, 0.1) is 25.7 Å². The summed E-state index contributed by atoms with van der Waals surface area (Å²) in [5.74, 6) is 2.08. The highest BCUT2D eigenvalue weighted by atomic mass is 79.9. The second-order valence-electron chi connectivity index (χ2n) is 37.7. The van der Waals surface area contributed by atoms with Gasteiger partial charge in [-0.2, -0.15) is 39.5 Å². The molecule has 2 unspecified atom stereocenters. The van der Waals surface area contributed by atoms with Crippen LogP contribution in [0.25, 0.3) is 6.08 Å². The molecule has 5 fully saturated rings. The number of anilines is 3. The summed E-state index contributed by atoms with van der Waals surface area (Å²) in [4.78, 5) is 120. The van der Waals surface area contributed by atoms with Crippen molar-refractivity contribution in [3.8, 4) is 28.7 Å². The number of aryl methyl sites for hydroxylation is 4. The fourth-order valence-corrected chi connectivity index (χ4v) is 19.9. The molecule has 10 aliphatic rings. The van der Waals surface area contributed by atoms with Crippen LogP contribution in [0.1, 0.15) is 178 Å². The van der Waals surface area contributed by atoms with Gasteiger partial charge >= 0.3 is 18.5 Å². The van der Waals surface area contributed by atoms with Gasteiger partial charge in [-0.25, -0.2) is 0 Å². The van der Waals surface area contributed by atoms with Crippen LogP contribution in [0.3, 0.4) is 0 Å². The number of hydrogen-bond acceptors (Lipinski definition) is 26. The second kappa shape index (κ2) is 53.3. The summed E-state index contributed by atoms with van der Waals surface area (Å²) in [5, 5.41) is 3.27. The van der Waals surface area contributed by atoms with E-state index in [1.165, 1.54) is 101 Å². The highest BCUT2D eigenvalue weighted by molar-refractivity contribution is 9.11. The number of carbonyl (C=O) groups excluding carboxylic acids is 7. The van der Waals surface area contributed by atoms with E-state index >= 15 is 0 Å². The molecule has 0 amide bonds. The third kappa shape index (κ3) is 30.3. The number of fused-ring (bicyclic) bond motifs is 5. The van der Waals surface area contributed by atoms with Crippen LogP contribution in [-0.2, 0) is 63.5 Å². The highest BCUT2D eigenvalue weighted by Crippen LogP contribution is 2.46. The number of piperazine rings is 4. The molecule has 1 N–H and O–H groups in total. The molecule has 790 valence electrons. The van der Waals surface area contributed by atoms with Gasteiger partial charge in [-0.1, -0.05) is 18.6 Å². The lowest BCUT2D eigenvalue weighted by atomic mass is 9.96. The van der Waals surface area contributed by atoms with E-state index in [1.807, 2.05) is 68.4 Å². The number of halogens is 11. The summed E-state index contributed by atoms with van der Waals surface area (Å²) in [7, 11) is 18.6. The van der Waals surface area contributed by atoms with Gasteiger partial charge in [-0.05, 0) is 287 Å². The lowest BCUT2D eigenvalue weighted by Crippen LogP contribution is -2.44. The number of rotatable bonds is 15. The first kappa shape index (κ1) is 114. The quantitative estimate of drug-likeness (QED) is 0.0567. The molecular formula is C111H127Br2F9N14O12. The Morgan fingerprint density at radius 2 is 0.703 bits per heavy atom. The van der Waals surface area contributed by atoms with Crippen LogP contribution in [0.2, 0.25) is 0 Å². The van der Waals surface area contributed by atoms with Crippen molar-refractivity contribution in [2.45, 2.75) is 109 Å². The largest absolute Gasteiger partial charge is 0.496 e. The smallest absolute Gasteiger partial charge is 0.418 e. The third-order valence-electron chi connectivity index (χ3n) is 27.4. The van der Waals surface area contributed by atoms with Crippen LogP contribution in [0.5, 0.6) is 28.7 Å². The third-order valence-corrected chi connectivity index (χ3v) is 28.7. The topological polar surface area (TPSA) is 268 Å². The van der Waals surface area contributed by atoms with Crippen molar-refractivity contribution in [2.24, 2.45) is 11.8 Å². The van der Waals surface area contributed by atoms with E-state index in [9.17, 15) is 73.1 Å². The van der Waals surface area contributed by atoms with E-state index in [1.54, 1.807) is 65.1 Å². The minimum atomic E-state index is -4.53. The average molecular weight is 2180 g/mol. The molecule has 0 spiro atoms. The fraction of sp³-hybridized carbons (Fsp3) is 0.423. The number of carbonyl (C=O) groups is 7. The summed E-state index contributed by atoms with van der Waals surface area (Å²) < 4.78 is 148. The second-order valence-corrected chi connectivity index (χ2v) is 39.4. The van der Waals surface area contributed by atoms with Gasteiger partial charge in [0.2, 0.25) is 0 Å². The molecule has 5 aromatic carbocycles. The first-order valence-corrected chi connectivity index (χ1v) is 50.8. The molecule has 148 heavy (non-hydrogen) atoms. The Hall–Kier alpha value is -12.2. The molecule has 37 heteroatoms. The summed E-state index contributed by atoms with van der Waals surface area (Å²) in [6, 6.07) is 32.7. The van der Waals surface area contributed by atoms with E-state index in [2.05, 4.69) is 143 Å². The van der Waals surface area contributed by atoms with Gasteiger partial charge in [-0.15, -0.1) is 0 Å². The van der Waals surface area contributed by atoms with Crippen LogP contribution in [0.15, 0.2) is 167 Å². The number of benzene rings is 5. The van der Waals surface area contributed by atoms with Crippen molar-refractivity contribution in [3.63, 3.8) is 0 Å². The van der Waals surface area contributed by atoms with Crippen molar-refractivity contribution in [1.82, 2.24) is 54.7 Å². The first-order valence-electron chi connectivity index (χ1n) is 49.2. The molecule has 10 aromatic rings. The van der Waals surface area contributed by atoms with Gasteiger partial charge in [0.25, 0.3) is 0 Å². The fourth-order valence-electron chi connectivity index (χ4n) is 18.8. The molecule has 0 saturated carbocycles. The zero-order valence-electron chi connectivity index (χ0n) is 85.4. The van der Waals surface area contributed by atoms with Gasteiger partial charge in [0.1, 0.15) is 40.1 Å². The number of likely N-dealkylation sites (N-methyl/N-ethyl adjacent to an activating group) is 4. The molecule has 5 aromatic heterocycles. The summed E-state index contributed by atoms with van der Waals surface area (Å²) in [5.41, 5.74) is 11.3. The van der Waals surface area contributed by atoms with E-state index in [4.69, 9.17) is 23.7 Å². The standard InChI is InChI=1S/2C22H24F3N3O2.C17H11BrF3NO2.C15H20N2O2.C10H9BrO2.2C7H7NO.C6H13N.C5H12N2/c2*1-27-6-8-28(9-7-27)19-12-14-10-15(21(29)16(14)13-20(19)30-2)11-18-17(22(23,24)25)4-3-5-26-18;1-24-15-8-11-9(6-13(15)18)5-10(16(11)23)7-14-12(17(19,20)21)3-2-4-22-14;1-16-5-7-17(8-6-16)13-9-11-3-4-14(18)12(11)10-15(13)19-2;1-13-10-5-7-6(4-8(10)11)2-3-9(7)12;2*1-6-3-2-4-8-7(6)5-9;1-7-5-3-2-4-6-7;1-7-4-2-6-3-5-7/h2*3-5,12-13,15H,6-11H2,1-2H3;2-4,6-8H,5H2,1H3;9-10H,3-8H2,1-2H3;4-5H,2-3H2,1H3;2*2-5H,1H3;2-6H2,1H3;6H,2-5H2,1H3/b;;10-7+;;;;;;. The van der Waals surface area contributed by atoms with Gasteiger partial charge < -0.3 is 68.2 Å². The molecule has 2 atom stereocenters. The molecule has 20 rings (SSSR count). The van der Waals surface area contributed by atoms with Crippen molar-refractivity contribution in [3.05, 3.63) is 279 Å². The lowest BCUT2D eigenvalue weighted by molar-refractivity contribution is -0.139. The average Bonchev–Trinajstić information content (AvgIpc) is 1.62. The summed E-state index contributed by atoms with van der Waals surface area (Å²) >= 11 is 6.73. The number of aromatic nitrogens is 5. The van der Waals surface area contributed by atoms with Crippen molar-refractivity contribution < 1.29 is 96.8 Å². The molecule has 26 nitrogen and oxygen atoms in total. The molecule has 10 heterocycles. The number of alkyl halides is 9. The van der Waals surface area contributed by atoms with Crippen LogP contribution < -0.4 is 43.7 Å². The Balaban J connectivity index is 0.000000155. The summed E-state index contributed by atoms with van der Waals surface area (Å²) in [6.45, 7) is 22.4. The van der Waals surface area contributed by atoms with Crippen molar-refractivity contribution in [1.29, 1.82) is 0 Å². The lowest BCUT2D eigenvalue weighted by Gasteiger charge is -2.35. The van der Waals surface area contributed by atoms with Crippen LogP contribution >= 0.6 is 31.9 Å². The number of allylic oxidation sites excluding steroid dienone is 1. The maximum absolute atomic E-state index is 13.3. The van der Waals surface area contributed by atoms with Gasteiger partial charge in [-0.3, -0.25) is 58.5 Å². The normalized spacial score (nSPS) is 17.9. The number of hydrogen-bond donors (Lipinski definition) is 1. The summed E-state index contributed by atoms with van der Waals surface area (Å²) in [6.07, 6.45) is 4.68. The number of nitrogens with zero attached hydrogens (tertiary/aromatic N) is 13. The number of aldehydes is 2. The number of piperidine rings is 1. The zero-order chi connectivity index (χ0) is 107. The van der Waals surface area contributed by atoms with E-state index in [0.717, 1.165) is 213 Å². The number of Topliss-reactive ketones (excluding diaryl/α,β-unsaturated/α-hetero) is 5. The molecule has 5 saturated heterocycles. The van der Waals surface area contributed by atoms with Gasteiger partial charge in [0.05, 0.1) is 95.3 Å². The van der Waals surface area contributed by atoms with Crippen molar-refractivity contribution >= 4 is 96.5 Å². The predicted molar refractivity (Wildman–Crippen MR) is 559 cm³/mol. The maximum atomic E-state index is 13.3. The minimum Gasteiger partial charge on any atom is -0.496 e. The number of ether oxygens (including phenoxy) is 5. The zero-order valence-corrected chi connectivity index (χ0v) is 88.6. The minimum absolute atomic E-state index is 0.0324. The van der Waals surface area contributed by atoms with Gasteiger partial charge in [0, 0.05) is 213 Å². The number of methoxy groups -OCH3 is 5. The Morgan fingerprint density at radius 1 is 0.372 bits per heavy atom. The van der Waals surface area contributed by atoms with Crippen molar-refractivity contribution in [2.75, 3.05) is 203 Å². The first-order chi connectivity index (χ1) is 70.7. The van der Waals surface area contributed by atoms with E-state index < -0.39 is 47.1 Å². The molecule has 0 radical (unpaired) electrons. The molecule has 5 aliphatic carbocycles. The maximum Gasteiger partial charge on any atom is 0.418 e. The number of pyridine rings is 5.